The Morgan fingerprint density at radius 2 is 1.84 bits per heavy atom. The van der Waals surface area contributed by atoms with Crippen LogP contribution in [-0.2, 0) is 17.9 Å². The van der Waals surface area contributed by atoms with E-state index in [0.29, 0.717) is 65.1 Å². The second-order valence-corrected chi connectivity index (χ2v) is 13.0. The highest BCUT2D eigenvalue weighted by molar-refractivity contribution is 5.66. The Labute approximate surface area is 288 Å². The largest absolute Gasteiger partial charge is 0.487 e. The lowest BCUT2D eigenvalue weighted by Crippen LogP contribution is -2.52. The third kappa shape index (κ3) is 6.87. The van der Waals surface area contributed by atoms with Crippen molar-refractivity contribution >= 4 is 11.6 Å². The number of oxazole rings is 1. The number of tetrazole rings is 1. The lowest BCUT2D eigenvalue weighted by Gasteiger charge is -2.43. The van der Waals surface area contributed by atoms with Crippen LogP contribution in [0.3, 0.4) is 0 Å². The van der Waals surface area contributed by atoms with E-state index in [1.54, 1.807) is 23.1 Å². The number of hydrogen-bond donors (Lipinski definition) is 1. The fourth-order valence-corrected chi connectivity index (χ4v) is 7.44. The van der Waals surface area contributed by atoms with Crippen LogP contribution in [0.5, 0.6) is 11.6 Å². The minimum atomic E-state index is -0.292. The van der Waals surface area contributed by atoms with E-state index in [9.17, 15) is 5.26 Å². The van der Waals surface area contributed by atoms with Gasteiger partial charge in [-0.05, 0) is 74.1 Å². The maximum atomic E-state index is 9.74. The van der Waals surface area contributed by atoms with Gasteiger partial charge < -0.3 is 23.9 Å². The molecule has 1 unspecified atom stereocenters. The molecule has 3 fully saturated rings. The molecule has 3 atom stereocenters. The van der Waals surface area contributed by atoms with E-state index in [4.69, 9.17) is 28.7 Å². The van der Waals surface area contributed by atoms with E-state index in [1.165, 1.54) is 25.4 Å². The summed E-state index contributed by atoms with van der Waals surface area (Å²) in [4.78, 5) is 16.2. The molecule has 2 saturated heterocycles. The van der Waals surface area contributed by atoms with E-state index < -0.39 is 0 Å². The van der Waals surface area contributed by atoms with E-state index in [1.807, 2.05) is 36.0 Å². The van der Waals surface area contributed by atoms with Crippen LogP contribution in [0.1, 0.15) is 62.9 Å². The van der Waals surface area contributed by atoms with Crippen molar-refractivity contribution in [3.63, 3.8) is 0 Å². The number of fused-ring (bicyclic) bond motifs is 2. The van der Waals surface area contributed by atoms with Gasteiger partial charge in [-0.1, -0.05) is 6.07 Å². The predicted octanol–water partition coefficient (Wildman–Crippen LogP) is 4.32. The van der Waals surface area contributed by atoms with Crippen LogP contribution in [-0.4, -0.2) is 87.3 Å². The van der Waals surface area contributed by atoms with Gasteiger partial charge in [0.05, 0.1) is 49.5 Å². The summed E-state index contributed by atoms with van der Waals surface area (Å²) < 4.78 is 27.1. The molecule has 1 saturated carbocycles. The third-order valence-corrected chi connectivity index (χ3v) is 9.74. The zero-order valence-corrected chi connectivity index (χ0v) is 27.7. The van der Waals surface area contributed by atoms with E-state index in [2.05, 4.69) is 41.8 Å². The standard InChI is InChI=1S/C34H38N12O4/c1-22(16-44-21-38-42-43-44)50-31-14-23(2-3-24(31)15-35)29-10-11-37-34(39-29)40-30-17-45(41-33(30)49-20-32-36-12-13-48-32)25-4-6-26(7-5-25)46-27-8-9-28(46)19-47-18-27/h2-3,10-14,17,21-22,25-28H,4-9,16,18-20H2,1H3,(H,37,39,40)/t22?,25?,26?,27-,28+. The Kier molecular flexibility index (Phi) is 9.05. The Morgan fingerprint density at radius 3 is 2.60 bits per heavy atom. The van der Waals surface area contributed by atoms with Crippen LogP contribution in [0.2, 0.25) is 0 Å². The number of morpholine rings is 1. The molecule has 0 amide bonds. The van der Waals surface area contributed by atoms with Gasteiger partial charge in [-0.15, -0.1) is 10.2 Å². The SMILES string of the molecule is CC(Cn1cnnn1)Oc1cc(-c2ccnc(Nc3cn(C4CCC(N5[C@@H]6CC[C@H]5COC6)CC4)nc3OCc3ncco3)n2)ccc1C#N. The normalized spacial score (nSPS) is 22.6. The molecule has 5 aromatic rings. The van der Waals surface area contributed by atoms with Gasteiger partial charge in [-0.25, -0.2) is 19.6 Å². The summed E-state index contributed by atoms with van der Waals surface area (Å²) in [6, 6.07) is 11.4. The molecule has 3 aliphatic rings. The monoisotopic (exact) mass is 678 g/mol. The molecule has 16 heteroatoms. The zero-order valence-electron chi connectivity index (χ0n) is 27.7. The molecule has 1 N–H and O–H groups in total. The highest BCUT2D eigenvalue weighted by Crippen LogP contribution is 2.39. The molecule has 1 aliphatic carbocycles. The summed E-state index contributed by atoms with van der Waals surface area (Å²) in [7, 11) is 0. The summed E-state index contributed by atoms with van der Waals surface area (Å²) >= 11 is 0. The van der Waals surface area contributed by atoms with Crippen LogP contribution in [0.4, 0.5) is 11.6 Å². The maximum absolute atomic E-state index is 9.74. The van der Waals surface area contributed by atoms with Crippen LogP contribution >= 0.6 is 0 Å². The molecular weight excluding hydrogens is 640 g/mol. The first-order valence-corrected chi connectivity index (χ1v) is 17.1. The molecule has 1 aromatic carbocycles. The van der Waals surface area contributed by atoms with Crippen molar-refractivity contribution in [2.45, 2.75) is 88.9 Å². The smallest absolute Gasteiger partial charge is 0.257 e. The van der Waals surface area contributed by atoms with Crippen molar-refractivity contribution in [2.75, 3.05) is 18.5 Å². The molecule has 258 valence electrons. The first-order valence-electron chi connectivity index (χ1n) is 17.1. The quantitative estimate of drug-likeness (QED) is 0.197. The molecule has 6 heterocycles. The van der Waals surface area contributed by atoms with E-state index in [-0.39, 0.29) is 18.8 Å². The van der Waals surface area contributed by atoms with Gasteiger partial charge >= 0.3 is 0 Å². The third-order valence-electron chi connectivity index (χ3n) is 9.74. The molecule has 0 spiro atoms. The van der Waals surface area contributed by atoms with Crippen molar-refractivity contribution in [3.8, 4) is 29.0 Å². The zero-order chi connectivity index (χ0) is 33.9. The Balaban J connectivity index is 0.993. The van der Waals surface area contributed by atoms with Crippen LogP contribution in [0.15, 0.2) is 59.9 Å². The fraction of sp³-hybridized carbons (Fsp3) is 0.471. The van der Waals surface area contributed by atoms with Gasteiger partial charge in [0.2, 0.25) is 11.8 Å². The fourth-order valence-electron chi connectivity index (χ4n) is 7.44. The van der Waals surface area contributed by atoms with Gasteiger partial charge in [-0.3, -0.25) is 9.58 Å². The number of anilines is 2. The average molecular weight is 679 g/mol. The lowest BCUT2D eigenvalue weighted by molar-refractivity contribution is -0.0458. The molecule has 8 rings (SSSR count). The number of aromatic nitrogens is 9. The van der Waals surface area contributed by atoms with Crippen molar-refractivity contribution in [1.29, 1.82) is 5.26 Å². The molecule has 50 heavy (non-hydrogen) atoms. The molecule has 0 radical (unpaired) electrons. The van der Waals surface area contributed by atoms with Crippen LogP contribution in [0.25, 0.3) is 11.3 Å². The number of rotatable bonds is 12. The van der Waals surface area contributed by atoms with Gasteiger partial charge in [0.1, 0.15) is 36.2 Å². The van der Waals surface area contributed by atoms with E-state index in [0.717, 1.165) is 44.5 Å². The number of nitrogens with zero attached hydrogens (tertiary/aromatic N) is 11. The molecular formula is C34H38N12O4. The van der Waals surface area contributed by atoms with Gasteiger partial charge in [0, 0.05) is 29.9 Å². The highest BCUT2D eigenvalue weighted by atomic mass is 16.5. The second kappa shape index (κ2) is 14.2. The number of ether oxygens (including phenoxy) is 3. The minimum Gasteiger partial charge on any atom is -0.487 e. The number of hydrogen-bond acceptors (Lipinski definition) is 14. The number of nitriles is 1. The Hall–Kier alpha value is -5.40. The van der Waals surface area contributed by atoms with Gasteiger partial charge in [0.15, 0.2) is 6.61 Å². The molecule has 2 aliphatic heterocycles. The average Bonchev–Trinajstić information content (AvgIpc) is 3.96. The number of benzene rings is 1. The van der Waals surface area contributed by atoms with Crippen LogP contribution in [0, 0.1) is 11.3 Å². The molecule has 2 bridgehead atoms. The summed E-state index contributed by atoms with van der Waals surface area (Å²) in [6.45, 7) is 4.17. The highest BCUT2D eigenvalue weighted by Gasteiger charge is 2.42. The molecule has 16 nitrogen and oxygen atoms in total. The van der Waals surface area contributed by atoms with Crippen molar-refractivity contribution in [3.05, 3.63) is 66.9 Å². The minimum absolute atomic E-state index is 0.131. The number of nitrogens with one attached hydrogen (secondary N) is 1. The van der Waals surface area contributed by atoms with Gasteiger partial charge in [0.25, 0.3) is 5.88 Å². The van der Waals surface area contributed by atoms with Crippen molar-refractivity contribution in [1.82, 2.24) is 49.8 Å². The predicted molar refractivity (Wildman–Crippen MR) is 177 cm³/mol. The first kappa shape index (κ1) is 31.8. The Bertz CT molecular complexity index is 1900. The lowest BCUT2D eigenvalue weighted by atomic mass is 9.89. The Morgan fingerprint density at radius 1 is 1.02 bits per heavy atom. The summed E-state index contributed by atoms with van der Waals surface area (Å²) in [5.41, 5.74) is 2.47. The topological polar surface area (TPSA) is 180 Å². The first-order chi connectivity index (χ1) is 24.6. The maximum Gasteiger partial charge on any atom is 0.257 e. The van der Waals surface area contributed by atoms with E-state index >= 15 is 0 Å². The summed E-state index contributed by atoms with van der Waals surface area (Å²) in [6.07, 6.45) is 14.8. The van der Waals surface area contributed by atoms with Crippen LogP contribution < -0.4 is 14.8 Å². The molecule has 4 aromatic heterocycles. The second-order valence-electron chi connectivity index (χ2n) is 13.0. The van der Waals surface area contributed by atoms with Crippen molar-refractivity contribution < 1.29 is 18.6 Å². The summed E-state index contributed by atoms with van der Waals surface area (Å²) in [5, 5.41) is 29.2. The summed E-state index contributed by atoms with van der Waals surface area (Å²) in [5.74, 6) is 1.68. The van der Waals surface area contributed by atoms with Crippen molar-refractivity contribution in [2.24, 2.45) is 0 Å². The van der Waals surface area contributed by atoms with Gasteiger partial charge in [-0.2, -0.15) is 5.26 Å².